The Morgan fingerprint density at radius 3 is 2.50 bits per heavy atom. The molecular formula is C9H10Li2N2O. The van der Waals surface area contributed by atoms with Crippen molar-refractivity contribution < 1.29 is 24.0 Å². The third-order valence-electron chi connectivity index (χ3n) is 1.29. The molecular weight excluding hydrogens is 166 g/mol. The average molecular weight is 176 g/mol. The van der Waals surface area contributed by atoms with E-state index in [0.29, 0.717) is 5.69 Å². The summed E-state index contributed by atoms with van der Waals surface area (Å²) in [5.41, 5.74) is 0.566. The van der Waals surface area contributed by atoms with Gasteiger partial charge in [-0.25, -0.2) is 4.99 Å². The van der Waals surface area contributed by atoms with Crippen molar-refractivity contribution in [3.63, 3.8) is 0 Å². The van der Waals surface area contributed by atoms with Crippen LogP contribution in [-0.2, 0) is 0 Å². The molecule has 0 aliphatic rings. The van der Waals surface area contributed by atoms with Gasteiger partial charge in [0.05, 0.1) is 11.7 Å². The van der Waals surface area contributed by atoms with Crippen LogP contribution in [0, 0.1) is 6.07 Å². The maximum Gasteiger partial charge on any atom is 1.00 e. The zero-order valence-electron chi connectivity index (χ0n) is 9.11. The first-order chi connectivity index (χ1) is 5.70. The van der Waals surface area contributed by atoms with Crippen molar-refractivity contribution in [1.29, 1.82) is 0 Å². The molecule has 0 spiro atoms. The molecule has 0 amide bonds. The summed E-state index contributed by atoms with van der Waals surface area (Å²) in [4.78, 5) is 5.21. The van der Waals surface area contributed by atoms with Crippen molar-refractivity contribution in [3.8, 4) is 0 Å². The van der Waals surface area contributed by atoms with Crippen LogP contribution in [0.5, 0.6) is 0 Å². The Morgan fingerprint density at radius 2 is 2.07 bits per heavy atom. The molecule has 0 fully saturated rings. The van der Waals surface area contributed by atoms with Gasteiger partial charge in [0, 0.05) is 39.0 Å². The van der Waals surface area contributed by atoms with Crippen LogP contribution in [0.25, 0.3) is 0 Å². The van der Waals surface area contributed by atoms with E-state index in [-0.39, 0.29) is 43.7 Å². The average Bonchev–Trinajstić information content (AvgIpc) is 2.06. The van der Waals surface area contributed by atoms with Crippen LogP contribution in [0.4, 0.5) is 5.69 Å². The van der Waals surface area contributed by atoms with Gasteiger partial charge in [-0.3, -0.25) is 0 Å². The van der Waals surface area contributed by atoms with E-state index in [1.807, 2.05) is 12.1 Å². The van der Waals surface area contributed by atoms with E-state index in [9.17, 15) is 5.11 Å². The fourth-order valence-electron chi connectivity index (χ4n) is 0.656. The third kappa shape index (κ3) is 5.42. The van der Waals surface area contributed by atoms with Crippen LogP contribution >= 0.6 is 0 Å². The Bertz CT molecular complexity index is 275. The summed E-state index contributed by atoms with van der Waals surface area (Å²) in [5.74, 6) is 0. The molecule has 5 heteroatoms. The number of hydrogen-bond donors (Lipinski definition) is 0. The van der Waals surface area contributed by atoms with E-state index in [0.717, 1.165) is 0 Å². The molecule has 0 atom stereocenters. The largest absolute Gasteiger partial charge is 1.00 e. The molecule has 3 nitrogen and oxygen atoms in total. The zero-order chi connectivity index (χ0) is 8.97. The molecule has 1 aromatic carbocycles. The molecule has 1 aromatic rings. The number of nitrogens with zero attached hydrogens (tertiary/aromatic N) is 2. The summed E-state index contributed by atoms with van der Waals surface area (Å²) >= 11 is 0. The van der Waals surface area contributed by atoms with Crippen LogP contribution in [0.3, 0.4) is 0 Å². The van der Waals surface area contributed by atoms with Crippen molar-refractivity contribution in [2.24, 2.45) is 4.99 Å². The van der Waals surface area contributed by atoms with Crippen molar-refractivity contribution in [3.05, 3.63) is 30.3 Å². The maximum atomic E-state index is 11.1. The predicted octanol–water partition coefficient (Wildman–Crippen LogP) is -2.98. The first-order valence-corrected chi connectivity index (χ1v) is 3.60. The fourth-order valence-corrected chi connectivity index (χ4v) is 0.656. The van der Waals surface area contributed by atoms with Crippen molar-refractivity contribution in [2.75, 3.05) is 14.1 Å². The Balaban J connectivity index is 0. The summed E-state index contributed by atoms with van der Waals surface area (Å²) in [6.45, 7) is 0. The van der Waals surface area contributed by atoms with Gasteiger partial charge >= 0.3 is 18.9 Å². The standard InChI is InChI=1S/C9H11N2O.2Li/c1-11(2)9(12)10-8-6-4-3-5-7-8;;/h3-6H,1-2H3,(H,10,12);;/q;;+1/p-1. The summed E-state index contributed by atoms with van der Waals surface area (Å²) in [7, 11) is 3.32. The topological polar surface area (TPSA) is 38.7 Å². The van der Waals surface area contributed by atoms with E-state index in [2.05, 4.69) is 11.1 Å². The van der Waals surface area contributed by atoms with Gasteiger partial charge in [-0.05, 0) is 6.07 Å². The SMILES string of the molecule is CN(C)C([O-])=Nc1[c]cccc1.[Li+].[Li]. The molecule has 64 valence electrons. The minimum absolute atomic E-state index is 0. The number of rotatable bonds is 1. The number of hydrogen-bond acceptors (Lipinski definition) is 2. The predicted molar refractivity (Wildman–Crippen MR) is 51.8 cm³/mol. The van der Waals surface area contributed by atoms with Crippen LogP contribution in [-0.4, -0.2) is 43.9 Å². The van der Waals surface area contributed by atoms with Crippen LogP contribution < -0.4 is 24.0 Å². The Labute approximate surface area is 109 Å². The second-order valence-electron chi connectivity index (χ2n) is 2.54. The monoisotopic (exact) mass is 176 g/mol. The minimum Gasteiger partial charge on any atom is -0.846 e. The minimum atomic E-state index is -0.266. The molecule has 0 saturated heterocycles. The van der Waals surface area contributed by atoms with Crippen molar-refractivity contribution in [2.45, 2.75) is 0 Å². The number of amidine groups is 1. The third-order valence-corrected chi connectivity index (χ3v) is 1.29. The van der Waals surface area contributed by atoms with Gasteiger partial charge in [0.1, 0.15) is 0 Å². The zero-order valence-corrected chi connectivity index (χ0v) is 9.11. The Kier molecular flexibility index (Phi) is 9.25. The fraction of sp³-hybridized carbons (Fsp3) is 0.222. The van der Waals surface area contributed by atoms with Gasteiger partial charge in [0.2, 0.25) is 0 Å². The Hall–Kier alpha value is -0.315. The molecule has 0 aromatic heterocycles. The van der Waals surface area contributed by atoms with E-state index >= 15 is 0 Å². The van der Waals surface area contributed by atoms with Gasteiger partial charge in [-0.15, -0.1) is 0 Å². The van der Waals surface area contributed by atoms with Crippen LogP contribution in [0.2, 0.25) is 0 Å². The number of benzene rings is 1. The number of para-hydroxylation sites is 1. The maximum absolute atomic E-state index is 11.1. The molecule has 0 N–H and O–H groups in total. The van der Waals surface area contributed by atoms with Gasteiger partial charge in [0.15, 0.2) is 0 Å². The molecule has 0 heterocycles. The molecule has 14 heavy (non-hydrogen) atoms. The van der Waals surface area contributed by atoms with E-state index < -0.39 is 0 Å². The van der Waals surface area contributed by atoms with E-state index in [1.165, 1.54) is 4.90 Å². The van der Waals surface area contributed by atoms with Gasteiger partial charge in [0.25, 0.3) is 0 Å². The quantitative estimate of drug-likeness (QED) is 0.260. The van der Waals surface area contributed by atoms with Crippen LogP contribution in [0.1, 0.15) is 0 Å². The molecule has 0 unspecified atom stereocenters. The number of aliphatic imine (C=N–C) groups is 1. The molecule has 1 rings (SSSR count). The molecule has 0 saturated carbocycles. The second kappa shape index (κ2) is 8.03. The van der Waals surface area contributed by atoms with Crippen LogP contribution in [0.15, 0.2) is 29.3 Å². The van der Waals surface area contributed by atoms with Gasteiger partial charge in [-0.1, -0.05) is 18.2 Å². The summed E-state index contributed by atoms with van der Waals surface area (Å²) in [6.07, 6.45) is 0. The smallest absolute Gasteiger partial charge is 0.846 e. The molecule has 0 bridgehead atoms. The summed E-state index contributed by atoms with van der Waals surface area (Å²) in [6, 6.07) is 9.69. The first kappa shape index (κ1) is 16.1. The van der Waals surface area contributed by atoms with E-state index in [1.54, 1.807) is 26.2 Å². The van der Waals surface area contributed by atoms with Gasteiger partial charge < -0.3 is 10.0 Å². The summed E-state index contributed by atoms with van der Waals surface area (Å²) < 4.78 is 0. The first-order valence-electron chi connectivity index (χ1n) is 3.60. The second-order valence-corrected chi connectivity index (χ2v) is 2.54. The van der Waals surface area contributed by atoms with Crippen molar-refractivity contribution in [1.82, 2.24) is 4.90 Å². The Morgan fingerprint density at radius 1 is 1.43 bits per heavy atom. The molecule has 0 aliphatic heterocycles. The van der Waals surface area contributed by atoms with E-state index in [4.69, 9.17) is 0 Å². The molecule has 2 radical (unpaired) electrons. The van der Waals surface area contributed by atoms with Crippen molar-refractivity contribution >= 4 is 30.6 Å². The molecule has 0 aliphatic carbocycles. The summed E-state index contributed by atoms with van der Waals surface area (Å²) in [5, 5.41) is 11.1. The van der Waals surface area contributed by atoms with Gasteiger partial charge in [-0.2, -0.15) is 0 Å². The normalized spacial score (nSPS) is 9.71.